The van der Waals surface area contributed by atoms with E-state index in [4.69, 9.17) is 0 Å². The zero-order chi connectivity index (χ0) is 13.2. The molecule has 0 saturated carbocycles. The number of nitrogens with one attached hydrogen (secondary N) is 1. The minimum atomic E-state index is 0.281. The number of fused-ring (bicyclic) bond motifs is 1. The Morgan fingerprint density at radius 1 is 1.53 bits per heavy atom. The summed E-state index contributed by atoms with van der Waals surface area (Å²) in [6, 6.07) is 2.05. The predicted octanol–water partition coefficient (Wildman–Crippen LogP) is 1.55. The summed E-state index contributed by atoms with van der Waals surface area (Å²) in [4.78, 5) is 12.6. The molecule has 0 spiro atoms. The van der Waals surface area contributed by atoms with Gasteiger partial charge in [-0.15, -0.1) is 11.3 Å². The van der Waals surface area contributed by atoms with Crippen LogP contribution in [0.2, 0.25) is 0 Å². The van der Waals surface area contributed by atoms with E-state index in [2.05, 4.69) is 20.2 Å². The van der Waals surface area contributed by atoms with Gasteiger partial charge in [0.25, 0.3) is 0 Å². The van der Waals surface area contributed by atoms with Crippen LogP contribution in [0.3, 0.4) is 0 Å². The highest BCUT2D eigenvalue weighted by molar-refractivity contribution is 7.16. The van der Waals surface area contributed by atoms with Crippen LogP contribution >= 0.6 is 11.3 Å². The van der Waals surface area contributed by atoms with Gasteiger partial charge in [0.15, 0.2) is 0 Å². The molecule has 1 fully saturated rings. The van der Waals surface area contributed by atoms with Crippen molar-refractivity contribution >= 4 is 27.4 Å². The van der Waals surface area contributed by atoms with Gasteiger partial charge in [0.1, 0.15) is 16.5 Å². The van der Waals surface area contributed by atoms with Crippen LogP contribution in [-0.2, 0) is 6.54 Å². The quantitative estimate of drug-likeness (QED) is 0.888. The monoisotopic (exact) mass is 278 g/mol. The Bertz CT molecular complexity index is 571. The highest BCUT2D eigenvalue weighted by Gasteiger charge is 2.22. The molecule has 0 amide bonds. The van der Waals surface area contributed by atoms with Crippen molar-refractivity contribution in [2.45, 2.75) is 13.0 Å². The Balaban J connectivity index is 1.81. The van der Waals surface area contributed by atoms with E-state index >= 15 is 0 Å². The van der Waals surface area contributed by atoms with Crippen molar-refractivity contribution in [2.75, 3.05) is 32.1 Å². The molecular weight excluding hydrogens is 260 g/mol. The standard InChI is InChI=1S/C13H18N4OS/c1-14-12-10-3-5-19-13(10)16-11(15-12)7-17-4-2-9(6-17)8-18/h3,5,9,18H,2,4,6-8H2,1H3,(H,14,15,16). The zero-order valence-corrected chi connectivity index (χ0v) is 11.8. The fourth-order valence-electron chi connectivity index (χ4n) is 2.57. The van der Waals surface area contributed by atoms with Crippen LogP contribution in [0.15, 0.2) is 11.4 Å². The van der Waals surface area contributed by atoms with Crippen LogP contribution in [0.1, 0.15) is 12.2 Å². The van der Waals surface area contributed by atoms with Crippen molar-refractivity contribution in [3.63, 3.8) is 0 Å². The van der Waals surface area contributed by atoms with Crippen LogP contribution in [0.4, 0.5) is 5.82 Å². The topological polar surface area (TPSA) is 61.3 Å². The molecule has 1 aliphatic heterocycles. The number of nitrogens with zero attached hydrogens (tertiary/aromatic N) is 3. The number of hydrogen-bond acceptors (Lipinski definition) is 6. The van der Waals surface area contributed by atoms with Crippen LogP contribution in [0.25, 0.3) is 10.2 Å². The summed E-state index contributed by atoms with van der Waals surface area (Å²) in [5, 5.41) is 15.4. The maximum atomic E-state index is 9.18. The smallest absolute Gasteiger partial charge is 0.146 e. The molecular formula is C13H18N4OS. The van der Waals surface area contributed by atoms with E-state index in [-0.39, 0.29) is 6.61 Å². The first-order valence-corrected chi connectivity index (χ1v) is 7.43. The molecule has 0 aliphatic carbocycles. The summed E-state index contributed by atoms with van der Waals surface area (Å²) in [5.41, 5.74) is 0. The molecule has 1 aliphatic rings. The Morgan fingerprint density at radius 2 is 2.42 bits per heavy atom. The lowest BCUT2D eigenvalue weighted by atomic mass is 10.1. The van der Waals surface area contributed by atoms with Gasteiger partial charge in [-0.25, -0.2) is 9.97 Å². The molecule has 2 N–H and O–H groups in total. The summed E-state index contributed by atoms with van der Waals surface area (Å²) >= 11 is 1.64. The second-order valence-corrected chi connectivity index (χ2v) is 5.84. The van der Waals surface area contributed by atoms with E-state index in [0.717, 1.165) is 47.9 Å². The fraction of sp³-hybridized carbons (Fsp3) is 0.538. The second kappa shape index (κ2) is 5.40. The number of likely N-dealkylation sites (tertiary alicyclic amines) is 1. The summed E-state index contributed by atoms with van der Waals surface area (Å²) in [5.74, 6) is 2.17. The Hall–Kier alpha value is -1.24. The first kappa shape index (κ1) is 12.8. The largest absolute Gasteiger partial charge is 0.396 e. The molecule has 0 bridgehead atoms. The number of thiophene rings is 1. The average Bonchev–Trinajstić information content (AvgIpc) is 3.06. The third-order valence-corrected chi connectivity index (χ3v) is 4.41. The maximum absolute atomic E-state index is 9.18. The number of aliphatic hydroxyl groups excluding tert-OH is 1. The third kappa shape index (κ3) is 2.56. The van der Waals surface area contributed by atoms with Crippen molar-refractivity contribution in [1.29, 1.82) is 0 Å². The van der Waals surface area contributed by atoms with Crippen molar-refractivity contribution < 1.29 is 5.11 Å². The summed E-state index contributed by atoms with van der Waals surface area (Å²) < 4.78 is 0. The van der Waals surface area contributed by atoms with Gasteiger partial charge in [0, 0.05) is 20.2 Å². The predicted molar refractivity (Wildman–Crippen MR) is 77.4 cm³/mol. The Morgan fingerprint density at radius 3 is 3.16 bits per heavy atom. The zero-order valence-electron chi connectivity index (χ0n) is 11.0. The van der Waals surface area contributed by atoms with E-state index in [1.54, 1.807) is 11.3 Å². The van der Waals surface area contributed by atoms with E-state index in [9.17, 15) is 5.11 Å². The van der Waals surface area contributed by atoms with Gasteiger partial charge >= 0.3 is 0 Å². The lowest BCUT2D eigenvalue weighted by Gasteiger charge is -2.15. The van der Waals surface area contributed by atoms with E-state index in [1.807, 2.05) is 18.5 Å². The normalized spacial score (nSPS) is 20.2. The van der Waals surface area contributed by atoms with Gasteiger partial charge in [-0.2, -0.15) is 0 Å². The molecule has 0 aromatic carbocycles. The number of aliphatic hydroxyl groups is 1. The van der Waals surface area contributed by atoms with Crippen molar-refractivity contribution in [3.05, 3.63) is 17.3 Å². The second-order valence-electron chi connectivity index (χ2n) is 4.95. The molecule has 1 saturated heterocycles. The number of hydrogen-bond donors (Lipinski definition) is 2. The van der Waals surface area contributed by atoms with Crippen molar-refractivity contribution in [1.82, 2.24) is 14.9 Å². The Kier molecular flexibility index (Phi) is 3.63. The van der Waals surface area contributed by atoms with Crippen LogP contribution in [-0.4, -0.2) is 46.7 Å². The molecule has 2 aromatic rings. The summed E-state index contributed by atoms with van der Waals surface area (Å²) in [6.07, 6.45) is 1.07. The fourth-order valence-corrected chi connectivity index (χ4v) is 3.35. The molecule has 2 aromatic heterocycles. The van der Waals surface area contributed by atoms with Crippen LogP contribution in [0.5, 0.6) is 0 Å². The van der Waals surface area contributed by atoms with E-state index < -0.39 is 0 Å². The first-order valence-electron chi connectivity index (χ1n) is 6.55. The van der Waals surface area contributed by atoms with Crippen LogP contribution in [0, 0.1) is 5.92 Å². The number of aromatic nitrogens is 2. The maximum Gasteiger partial charge on any atom is 0.146 e. The molecule has 102 valence electrons. The number of rotatable bonds is 4. The minimum absolute atomic E-state index is 0.281. The van der Waals surface area contributed by atoms with Gasteiger partial charge < -0.3 is 10.4 Å². The van der Waals surface area contributed by atoms with Gasteiger partial charge in [-0.1, -0.05) is 0 Å². The molecule has 1 atom stereocenters. The minimum Gasteiger partial charge on any atom is -0.396 e. The van der Waals surface area contributed by atoms with E-state index in [0.29, 0.717) is 5.92 Å². The average molecular weight is 278 g/mol. The highest BCUT2D eigenvalue weighted by atomic mass is 32.1. The first-order chi connectivity index (χ1) is 9.30. The van der Waals surface area contributed by atoms with Crippen molar-refractivity contribution in [2.24, 2.45) is 5.92 Å². The SMILES string of the molecule is CNc1nc(CN2CCC(CO)C2)nc2sccc12. The van der Waals surface area contributed by atoms with E-state index in [1.165, 1.54) is 0 Å². The molecule has 1 unspecified atom stereocenters. The molecule has 6 heteroatoms. The number of anilines is 1. The highest BCUT2D eigenvalue weighted by Crippen LogP contribution is 2.25. The molecule has 0 radical (unpaired) electrons. The van der Waals surface area contributed by atoms with Gasteiger partial charge in [0.2, 0.25) is 0 Å². The molecule has 5 nitrogen and oxygen atoms in total. The lowest BCUT2D eigenvalue weighted by Crippen LogP contribution is -2.22. The van der Waals surface area contributed by atoms with Crippen LogP contribution < -0.4 is 5.32 Å². The third-order valence-electron chi connectivity index (χ3n) is 3.60. The Labute approximate surface area is 116 Å². The lowest BCUT2D eigenvalue weighted by molar-refractivity contribution is 0.219. The summed E-state index contributed by atoms with van der Waals surface area (Å²) in [6.45, 7) is 3.01. The van der Waals surface area contributed by atoms with Crippen molar-refractivity contribution in [3.8, 4) is 0 Å². The summed E-state index contributed by atoms with van der Waals surface area (Å²) in [7, 11) is 1.89. The van der Waals surface area contributed by atoms with Gasteiger partial charge in [-0.3, -0.25) is 4.90 Å². The molecule has 3 heterocycles. The van der Waals surface area contributed by atoms with Gasteiger partial charge in [0.05, 0.1) is 11.9 Å². The molecule has 3 rings (SSSR count). The molecule has 19 heavy (non-hydrogen) atoms. The van der Waals surface area contributed by atoms with Gasteiger partial charge in [-0.05, 0) is 30.3 Å².